The van der Waals surface area contributed by atoms with E-state index in [4.69, 9.17) is 0 Å². The van der Waals surface area contributed by atoms with Crippen LogP contribution >= 0.6 is 11.3 Å². The van der Waals surface area contributed by atoms with Crippen LogP contribution in [0.3, 0.4) is 0 Å². The molecule has 5 rings (SSSR count). The van der Waals surface area contributed by atoms with Gasteiger partial charge in [-0.05, 0) is 48.6 Å². The normalized spacial score (nSPS) is 19.2. The Labute approximate surface area is 232 Å². The maximum atomic E-state index is 13.8. The molecule has 0 spiro atoms. The Hall–Kier alpha value is -3.98. The van der Waals surface area contributed by atoms with Crippen LogP contribution in [0.25, 0.3) is 10.4 Å². The third kappa shape index (κ3) is 5.73. The Morgan fingerprint density at radius 1 is 0.949 bits per heavy atom. The zero-order chi connectivity index (χ0) is 27.5. The third-order valence-electron chi connectivity index (χ3n) is 7.19. The van der Waals surface area contributed by atoms with Gasteiger partial charge in [-0.2, -0.15) is 0 Å². The summed E-state index contributed by atoms with van der Waals surface area (Å²) in [5.41, 5.74) is 1.67. The van der Waals surface area contributed by atoms with Gasteiger partial charge in [0.05, 0.1) is 17.5 Å². The second-order valence-corrected chi connectivity index (χ2v) is 11.5. The molecule has 4 amide bonds. The van der Waals surface area contributed by atoms with Crippen LogP contribution in [0, 0.1) is 5.92 Å². The van der Waals surface area contributed by atoms with E-state index in [2.05, 4.69) is 10.6 Å². The van der Waals surface area contributed by atoms with Crippen LogP contribution in [0.4, 0.5) is 10.5 Å². The van der Waals surface area contributed by atoms with E-state index in [1.54, 1.807) is 23.1 Å². The molecule has 8 nitrogen and oxygen atoms in total. The molecule has 2 saturated heterocycles. The molecule has 202 valence electrons. The summed E-state index contributed by atoms with van der Waals surface area (Å²) in [5.74, 6) is -0.593. The number of benzene rings is 2. The first kappa shape index (κ1) is 26.6. The minimum absolute atomic E-state index is 0.0452. The quantitative estimate of drug-likeness (QED) is 0.453. The second-order valence-electron chi connectivity index (χ2n) is 10.4. The van der Waals surface area contributed by atoms with E-state index < -0.39 is 12.1 Å². The summed E-state index contributed by atoms with van der Waals surface area (Å²) in [6, 6.07) is 20.4. The summed E-state index contributed by atoms with van der Waals surface area (Å²) in [6.07, 6.45) is 0.958. The first-order valence-corrected chi connectivity index (χ1v) is 14.1. The van der Waals surface area contributed by atoms with Crippen LogP contribution in [0.15, 0.2) is 72.8 Å². The monoisotopic (exact) mass is 544 g/mol. The number of likely N-dealkylation sites (tertiary alicyclic amines) is 2. The maximum absolute atomic E-state index is 13.8. The van der Waals surface area contributed by atoms with Crippen molar-refractivity contribution in [3.8, 4) is 10.4 Å². The molecule has 2 N–H and O–H groups in total. The van der Waals surface area contributed by atoms with E-state index in [1.807, 2.05) is 68.4 Å². The molecule has 2 fully saturated rings. The molecule has 2 aliphatic rings. The molecule has 2 aliphatic heterocycles. The Kier molecular flexibility index (Phi) is 7.79. The van der Waals surface area contributed by atoms with Crippen molar-refractivity contribution in [1.82, 2.24) is 15.1 Å². The number of hydrogen-bond acceptors (Lipinski definition) is 5. The van der Waals surface area contributed by atoms with Gasteiger partial charge in [-0.1, -0.05) is 62.4 Å². The predicted molar refractivity (Wildman–Crippen MR) is 152 cm³/mol. The third-order valence-corrected chi connectivity index (χ3v) is 8.32. The van der Waals surface area contributed by atoms with Gasteiger partial charge >= 0.3 is 6.03 Å². The summed E-state index contributed by atoms with van der Waals surface area (Å²) in [6.45, 7) is 4.30. The van der Waals surface area contributed by atoms with E-state index in [0.717, 1.165) is 10.4 Å². The molecule has 3 atom stereocenters. The maximum Gasteiger partial charge on any atom is 0.322 e. The molecule has 3 aromatic rings. The van der Waals surface area contributed by atoms with Gasteiger partial charge in [0, 0.05) is 17.1 Å². The summed E-state index contributed by atoms with van der Waals surface area (Å²) in [4.78, 5) is 57.6. The number of ketones is 1. The summed E-state index contributed by atoms with van der Waals surface area (Å²) in [7, 11) is 0. The lowest BCUT2D eigenvalue weighted by molar-refractivity contribution is -0.138. The largest absolute Gasteiger partial charge is 0.340 e. The lowest BCUT2D eigenvalue weighted by Gasteiger charge is -2.29. The molecule has 39 heavy (non-hydrogen) atoms. The number of nitrogens with one attached hydrogen (secondary N) is 2. The van der Waals surface area contributed by atoms with E-state index in [9.17, 15) is 19.2 Å². The van der Waals surface area contributed by atoms with Crippen molar-refractivity contribution in [1.29, 1.82) is 0 Å². The van der Waals surface area contributed by atoms with Crippen molar-refractivity contribution in [2.75, 3.05) is 18.4 Å². The van der Waals surface area contributed by atoms with E-state index in [0.29, 0.717) is 30.0 Å². The van der Waals surface area contributed by atoms with Gasteiger partial charge in [0.1, 0.15) is 12.1 Å². The number of urea groups is 1. The van der Waals surface area contributed by atoms with Crippen LogP contribution < -0.4 is 10.6 Å². The van der Waals surface area contributed by atoms with Crippen LogP contribution in [-0.4, -0.2) is 64.6 Å². The zero-order valence-corrected chi connectivity index (χ0v) is 22.8. The highest BCUT2D eigenvalue weighted by Gasteiger charge is 2.52. The SMILES string of the molecule is CC(C)CC(NC(=O)c1ccc(-c2ccccc2)s1)C(=O)N1CCC2C1C(=O)CN2C(=O)Nc1ccccc1. The number of Topliss-reactive ketones (excluding diaryl/α,β-unsaturated/α-hetero) is 1. The van der Waals surface area contributed by atoms with Crippen molar-refractivity contribution >= 4 is 40.7 Å². The van der Waals surface area contributed by atoms with Gasteiger partial charge in [0.25, 0.3) is 5.91 Å². The number of hydrogen-bond donors (Lipinski definition) is 2. The van der Waals surface area contributed by atoms with Crippen molar-refractivity contribution in [3.63, 3.8) is 0 Å². The first-order valence-electron chi connectivity index (χ1n) is 13.2. The number of anilines is 1. The minimum atomic E-state index is -0.765. The van der Waals surface area contributed by atoms with Gasteiger partial charge in [-0.15, -0.1) is 11.3 Å². The van der Waals surface area contributed by atoms with Gasteiger partial charge in [0.15, 0.2) is 5.78 Å². The summed E-state index contributed by atoms with van der Waals surface area (Å²) in [5, 5.41) is 5.79. The second kappa shape index (κ2) is 11.4. The molecule has 0 radical (unpaired) electrons. The number of thiophene rings is 1. The molecule has 3 unspecified atom stereocenters. The van der Waals surface area contributed by atoms with E-state index in [1.165, 1.54) is 16.2 Å². The van der Waals surface area contributed by atoms with Crippen molar-refractivity contribution in [3.05, 3.63) is 77.7 Å². The van der Waals surface area contributed by atoms with Crippen LogP contribution in [0.5, 0.6) is 0 Å². The summed E-state index contributed by atoms with van der Waals surface area (Å²) >= 11 is 1.38. The predicted octanol–water partition coefficient (Wildman–Crippen LogP) is 4.65. The lowest BCUT2D eigenvalue weighted by Crippen LogP contribution is -2.53. The molecule has 0 bridgehead atoms. The van der Waals surface area contributed by atoms with Gasteiger partial charge in [0.2, 0.25) is 5.91 Å². The number of carbonyl (C=O) groups excluding carboxylic acids is 4. The highest BCUT2D eigenvalue weighted by Crippen LogP contribution is 2.32. The first-order chi connectivity index (χ1) is 18.8. The van der Waals surface area contributed by atoms with E-state index >= 15 is 0 Å². The fourth-order valence-electron chi connectivity index (χ4n) is 5.40. The number of fused-ring (bicyclic) bond motifs is 1. The average Bonchev–Trinajstić information content (AvgIpc) is 3.66. The molecule has 0 aliphatic carbocycles. The Morgan fingerprint density at radius 3 is 2.33 bits per heavy atom. The fraction of sp³-hybridized carbons (Fsp3) is 0.333. The van der Waals surface area contributed by atoms with Crippen LogP contribution in [0.2, 0.25) is 0 Å². The molecular weight excluding hydrogens is 512 g/mol. The van der Waals surface area contributed by atoms with E-state index in [-0.39, 0.29) is 42.1 Å². The molecule has 1 aromatic heterocycles. The Bertz CT molecular complexity index is 1360. The number of para-hydroxylation sites is 1. The Morgan fingerprint density at radius 2 is 1.64 bits per heavy atom. The van der Waals surface area contributed by atoms with Crippen LogP contribution in [0.1, 0.15) is 36.4 Å². The fourth-order valence-corrected chi connectivity index (χ4v) is 6.31. The zero-order valence-electron chi connectivity index (χ0n) is 22.0. The van der Waals surface area contributed by atoms with Gasteiger partial charge < -0.3 is 20.4 Å². The molecule has 3 heterocycles. The number of carbonyl (C=O) groups is 4. The standard InChI is InChI=1S/C30H32N4O4S/c1-19(2)17-22(32-28(36)26-14-13-25(39-26)20-9-5-3-6-10-20)29(37)33-16-15-23-27(33)24(35)18-34(23)30(38)31-21-11-7-4-8-12-21/h3-14,19,22-23,27H,15-18H2,1-2H3,(H,31,38)(H,32,36). The van der Waals surface area contributed by atoms with Crippen molar-refractivity contribution < 1.29 is 19.2 Å². The smallest absolute Gasteiger partial charge is 0.322 e. The molecular formula is C30H32N4O4S. The highest BCUT2D eigenvalue weighted by molar-refractivity contribution is 7.17. The van der Waals surface area contributed by atoms with Crippen molar-refractivity contribution in [2.24, 2.45) is 5.92 Å². The topological polar surface area (TPSA) is 98.8 Å². The molecule has 0 saturated carbocycles. The highest BCUT2D eigenvalue weighted by atomic mass is 32.1. The minimum Gasteiger partial charge on any atom is -0.340 e. The van der Waals surface area contributed by atoms with Crippen molar-refractivity contribution in [2.45, 2.75) is 44.8 Å². The molecule has 9 heteroatoms. The Balaban J connectivity index is 1.28. The number of rotatable bonds is 7. The van der Waals surface area contributed by atoms with Crippen LogP contribution in [-0.2, 0) is 9.59 Å². The number of amides is 4. The van der Waals surface area contributed by atoms with Gasteiger partial charge in [-0.25, -0.2) is 4.79 Å². The average molecular weight is 545 g/mol. The molecule has 2 aromatic carbocycles. The van der Waals surface area contributed by atoms with Gasteiger partial charge in [-0.3, -0.25) is 14.4 Å². The lowest BCUT2D eigenvalue weighted by atomic mass is 10.0. The summed E-state index contributed by atoms with van der Waals surface area (Å²) < 4.78 is 0. The number of nitrogens with zero attached hydrogens (tertiary/aromatic N) is 2.